The molecule has 31 heavy (non-hydrogen) atoms. The van der Waals surface area contributed by atoms with Gasteiger partial charge in [-0.05, 0) is 55.8 Å². The van der Waals surface area contributed by atoms with Gasteiger partial charge in [0, 0.05) is 44.0 Å². The van der Waals surface area contributed by atoms with Crippen LogP contribution >= 0.6 is 0 Å². The van der Waals surface area contributed by atoms with E-state index in [1.54, 1.807) is 7.11 Å². The molecule has 0 atom stereocenters. The van der Waals surface area contributed by atoms with Crippen LogP contribution in [0.2, 0.25) is 0 Å². The summed E-state index contributed by atoms with van der Waals surface area (Å²) in [7, 11) is 1.69. The first-order valence-electron chi connectivity index (χ1n) is 11.0. The van der Waals surface area contributed by atoms with E-state index in [4.69, 9.17) is 9.47 Å². The van der Waals surface area contributed by atoms with E-state index in [2.05, 4.69) is 27.2 Å². The van der Waals surface area contributed by atoms with Crippen LogP contribution in [0.3, 0.4) is 0 Å². The number of ether oxygens (including phenoxy) is 2. The van der Waals surface area contributed by atoms with E-state index in [-0.39, 0.29) is 5.91 Å². The van der Waals surface area contributed by atoms with Crippen molar-refractivity contribution in [3.05, 3.63) is 59.7 Å². The molecule has 2 heterocycles. The standard InChI is InChI=1S/C25H31N3O3/c1-30-23-10-8-22(9-11-23)28-16-14-27(15-17-28)13-5-4-12-26-25(29)21-18-20-6-2-3-7-24(20)31-19-21/h2-3,6-11,18H,4-5,12-17,19H2,1H3,(H,26,29). The quantitative estimate of drug-likeness (QED) is 0.664. The van der Waals surface area contributed by atoms with Gasteiger partial charge in [0.1, 0.15) is 18.1 Å². The lowest BCUT2D eigenvalue weighted by atomic mass is 10.1. The number of rotatable bonds is 8. The van der Waals surface area contributed by atoms with Crippen molar-refractivity contribution in [3.63, 3.8) is 0 Å². The molecule has 4 rings (SSSR count). The second kappa shape index (κ2) is 10.4. The van der Waals surface area contributed by atoms with Crippen LogP contribution in [-0.2, 0) is 4.79 Å². The Morgan fingerprint density at radius 1 is 1.03 bits per heavy atom. The monoisotopic (exact) mass is 421 g/mol. The van der Waals surface area contributed by atoms with Gasteiger partial charge in [0.25, 0.3) is 5.91 Å². The molecule has 6 heteroatoms. The van der Waals surface area contributed by atoms with Gasteiger partial charge >= 0.3 is 0 Å². The SMILES string of the molecule is COc1ccc(N2CCN(CCCCNC(=O)C3=Cc4ccccc4OC3)CC2)cc1. The number of unbranched alkanes of at least 4 members (excludes halogenated alkanes) is 1. The molecule has 1 N–H and O–H groups in total. The summed E-state index contributed by atoms with van der Waals surface area (Å²) >= 11 is 0. The minimum absolute atomic E-state index is 0.0254. The molecule has 2 aromatic carbocycles. The smallest absolute Gasteiger partial charge is 0.250 e. The van der Waals surface area contributed by atoms with Gasteiger partial charge in [-0.1, -0.05) is 18.2 Å². The van der Waals surface area contributed by atoms with E-state index in [1.807, 2.05) is 42.5 Å². The fourth-order valence-electron chi connectivity index (χ4n) is 4.05. The highest BCUT2D eigenvalue weighted by Crippen LogP contribution is 2.25. The lowest BCUT2D eigenvalue weighted by Crippen LogP contribution is -2.46. The fraction of sp³-hybridized carbons (Fsp3) is 0.400. The van der Waals surface area contributed by atoms with Gasteiger partial charge in [-0.15, -0.1) is 0 Å². The van der Waals surface area contributed by atoms with Crippen molar-refractivity contribution >= 4 is 17.7 Å². The molecule has 164 valence electrons. The van der Waals surface area contributed by atoms with Crippen molar-refractivity contribution in [2.24, 2.45) is 0 Å². The van der Waals surface area contributed by atoms with Crippen molar-refractivity contribution in [1.29, 1.82) is 0 Å². The summed E-state index contributed by atoms with van der Waals surface area (Å²) < 4.78 is 10.9. The number of fused-ring (bicyclic) bond motifs is 1. The fourth-order valence-corrected chi connectivity index (χ4v) is 4.05. The van der Waals surface area contributed by atoms with Crippen LogP contribution < -0.4 is 19.7 Å². The van der Waals surface area contributed by atoms with Crippen LogP contribution in [0.1, 0.15) is 18.4 Å². The Hall–Kier alpha value is -2.99. The summed E-state index contributed by atoms with van der Waals surface area (Å²) in [6.45, 7) is 6.33. The summed E-state index contributed by atoms with van der Waals surface area (Å²) in [6, 6.07) is 16.1. The number of benzene rings is 2. The molecule has 6 nitrogen and oxygen atoms in total. The molecule has 0 saturated carbocycles. The maximum absolute atomic E-state index is 12.4. The predicted octanol–water partition coefficient (Wildman–Crippen LogP) is 3.19. The zero-order chi connectivity index (χ0) is 21.5. The zero-order valence-corrected chi connectivity index (χ0v) is 18.2. The van der Waals surface area contributed by atoms with Crippen molar-refractivity contribution < 1.29 is 14.3 Å². The number of methoxy groups -OCH3 is 1. The van der Waals surface area contributed by atoms with Gasteiger partial charge in [-0.2, -0.15) is 0 Å². The van der Waals surface area contributed by atoms with Crippen LogP contribution in [0.15, 0.2) is 54.1 Å². The second-order valence-electron chi connectivity index (χ2n) is 7.99. The maximum Gasteiger partial charge on any atom is 0.250 e. The molecule has 0 radical (unpaired) electrons. The first-order valence-corrected chi connectivity index (χ1v) is 11.0. The van der Waals surface area contributed by atoms with Gasteiger partial charge in [-0.25, -0.2) is 0 Å². The third-order valence-corrected chi connectivity index (χ3v) is 5.92. The number of nitrogens with one attached hydrogen (secondary N) is 1. The number of hydrogen-bond acceptors (Lipinski definition) is 5. The third kappa shape index (κ3) is 5.58. The van der Waals surface area contributed by atoms with Crippen LogP contribution in [0.5, 0.6) is 11.5 Å². The number of anilines is 1. The Morgan fingerprint density at radius 2 is 1.81 bits per heavy atom. The van der Waals surface area contributed by atoms with E-state index in [1.165, 1.54) is 5.69 Å². The van der Waals surface area contributed by atoms with Crippen molar-refractivity contribution in [1.82, 2.24) is 10.2 Å². The van der Waals surface area contributed by atoms with Crippen molar-refractivity contribution in [2.45, 2.75) is 12.8 Å². The summed E-state index contributed by atoms with van der Waals surface area (Å²) in [5, 5.41) is 3.03. The highest BCUT2D eigenvalue weighted by Gasteiger charge is 2.18. The van der Waals surface area contributed by atoms with Gasteiger partial charge < -0.3 is 19.7 Å². The molecule has 0 spiro atoms. The molecule has 0 unspecified atom stereocenters. The van der Waals surface area contributed by atoms with E-state index in [0.717, 1.165) is 62.6 Å². The number of carbonyl (C=O) groups excluding carboxylic acids is 1. The third-order valence-electron chi connectivity index (χ3n) is 5.92. The number of amides is 1. The van der Waals surface area contributed by atoms with Gasteiger partial charge in [0.05, 0.1) is 12.7 Å². The lowest BCUT2D eigenvalue weighted by molar-refractivity contribution is -0.117. The largest absolute Gasteiger partial charge is 0.497 e. The molecule has 2 aromatic rings. The van der Waals surface area contributed by atoms with Crippen molar-refractivity contribution in [3.8, 4) is 11.5 Å². The molecular formula is C25H31N3O3. The molecule has 0 aromatic heterocycles. The first-order chi connectivity index (χ1) is 15.2. The highest BCUT2D eigenvalue weighted by atomic mass is 16.5. The molecule has 0 aliphatic carbocycles. The van der Waals surface area contributed by atoms with Crippen LogP contribution in [0.4, 0.5) is 5.69 Å². The van der Waals surface area contributed by atoms with Crippen LogP contribution in [-0.4, -0.2) is 63.8 Å². The van der Waals surface area contributed by atoms with Crippen LogP contribution in [0, 0.1) is 0 Å². The van der Waals surface area contributed by atoms with Crippen molar-refractivity contribution in [2.75, 3.05) is 57.9 Å². The summed E-state index contributed by atoms with van der Waals surface area (Å²) in [5.74, 6) is 1.71. The van der Waals surface area contributed by atoms with E-state index >= 15 is 0 Å². The Labute approximate surface area is 184 Å². The Kier molecular flexibility index (Phi) is 7.10. The molecule has 1 saturated heterocycles. The zero-order valence-electron chi connectivity index (χ0n) is 18.2. The normalized spacial score (nSPS) is 16.2. The average molecular weight is 422 g/mol. The average Bonchev–Trinajstić information content (AvgIpc) is 2.84. The molecule has 2 aliphatic heterocycles. The summed E-state index contributed by atoms with van der Waals surface area (Å²) in [4.78, 5) is 17.3. The molecule has 2 aliphatic rings. The Balaban J connectivity index is 1.12. The Morgan fingerprint density at radius 3 is 2.58 bits per heavy atom. The van der Waals surface area contributed by atoms with E-state index in [9.17, 15) is 4.79 Å². The van der Waals surface area contributed by atoms with E-state index in [0.29, 0.717) is 18.7 Å². The molecule has 0 bridgehead atoms. The predicted molar refractivity (Wildman–Crippen MR) is 124 cm³/mol. The molecule has 1 amide bonds. The topological polar surface area (TPSA) is 54.0 Å². The van der Waals surface area contributed by atoms with E-state index < -0.39 is 0 Å². The minimum atomic E-state index is -0.0254. The van der Waals surface area contributed by atoms with Gasteiger partial charge in [-0.3, -0.25) is 9.69 Å². The number of hydrogen-bond donors (Lipinski definition) is 1. The number of piperazine rings is 1. The first kappa shape index (κ1) is 21.2. The lowest BCUT2D eigenvalue weighted by Gasteiger charge is -2.36. The second-order valence-corrected chi connectivity index (χ2v) is 7.99. The molecular weight excluding hydrogens is 390 g/mol. The van der Waals surface area contributed by atoms with Gasteiger partial charge in [0.2, 0.25) is 0 Å². The summed E-state index contributed by atoms with van der Waals surface area (Å²) in [6.07, 6.45) is 3.99. The highest BCUT2D eigenvalue weighted by molar-refractivity contribution is 5.99. The minimum Gasteiger partial charge on any atom is -0.497 e. The maximum atomic E-state index is 12.4. The number of carbonyl (C=O) groups is 1. The summed E-state index contributed by atoms with van der Waals surface area (Å²) in [5.41, 5.74) is 2.91. The number of para-hydroxylation sites is 1. The van der Waals surface area contributed by atoms with Crippen LogP contribution in [0.25, 0.3) is 6.08 Å². The number of nitrogens with zero attached hydrogens (tertiary/aromatic N) is 2. The molecule has 1 fully saturated rings. The Bertz CT molecular complexity index is 902. The van der Waals surface area contributed by atoms with Gasteiger partial charge in [0.15, 0.2) is 0 Å².